The van der Waals surface area contributed by atoms with Crippen LogP contribution in [-0.2, 0) is 15.8 Å². The van der Waals surface area contributed by atoms with E-state index in [0.29, 0.717) is 19.7 Å². The zero-order valence-electron chi connectivity index (χ0n) is 12.8. The van der Waals surface area contributed by atoms with E-state index < -0.39 is 10.0 Å². The molecule has 0 aromatic heterocycles. The number of rotatable bonds is 6. The summed E-state index contributed by atoms with van der Waals surface area (Å²) in [5.41, 5.74) is 1.80. The van der Waals surface area contributed by atoms with Gasteiger partial charge in [0.05, 0.1) is 18.0 Å². The number of para-hydroxylation sites is 2. The topological polar surface area (TPSA) is 58.6 Å². The molecule has 0 saturated carbocycles. The van der Waals surface area contributed by atoms with Crippen LogP contribution in [0.4, 0.5) is 5.69 Å². The third-order valence-electron chi connectivity index (χ3n) is 3.73. The van der Waals surface area contributed by atoms with Crippen molar-refractivity contribution in [1.29, 1.82) is 0 Å². The van der Waals surface area contributed by atoms with Gasteiger partial charge in [-0.1, -0.05) is 42.5 Å². The van der Waals surface area contributed by atoms with Gasteiger partial charge in [0.25, 0.3) is 0 Å². The molecule has 3 rings (SSSR count). The Kier molecular flexibility index (Phi) is 4.83. The summed E-state index contributed by atoms with van der Waals surface area (Å²) in [5.74, 6) is 0.860. The third-order valence-corrected chi connectivity index (χ3v) is 5.09. The highest BCUT2D eigenvalue weighted by atomic mass is 32.2. The first kappa shape index (κ1) is 15.8. The minimum atomic E-state index is -3.32. The number of nitrogens with zero attached hydrogens (tertiary/aromatic N) is 1. The highest BCUT2D eigenvalue weighted by Crippen LogP contribution is 2.30. The van der Waals surface area contributed by atoms with Crippen molar-refractivity contribution in [3.63, 3.8) is 0 Å². The second-order valence-electron chi connectivity index (χ2n) is 5.44. The minimum absolute atomic E-state index is 0.00748. The quantitative estimate of drug-likeness (QED) is 0.879. The summed E-state index contributed by atoms with van der Waals surface area (Å²) in [6.07, 6.45) is 0. The number of anilines is 1. The third kappa shape index (κ3) is 4.24. The maximum absolute atomic E-state index is 12.1. The Hall–Kier alpha value is -2.05. The van der Waals surface area contributed by atoms with E-state index in [-0.39, 0.29) is 5.75 Å². The smallest absolute Gasteiger partial charge is 0.215 e. The summed E-state index contributed by atoms with van der Waals surface area (Å²) >= 11 is 0. The molecule has 0 unspecified atom stereocenters. The van der Waals surface area contributed by atoms with Crippen molar-refractivity contribution in [2.24, 2.45) is 0 Å². The molecule has 0 radical (unpaired) electrons. The van der Waals surface area contributed by atoms with E-state index in [1.165, 1.54) is 0 Å². The second-order valence-corrected chi connectivity index (χ2v) is 7.25. The van der Waals surface area contributed by atoms with Crippen molar-refractivity contribution in [2.75, 3.05) is 31.1 Å². The molecular weight excluding hydrogens is 312 g/mol. The summed E-state index contributed by atoms with van der Waals surface area (Å²) < 4.78 is 32.5. The van der Waals surface area contributed by atoms with E-state index in [2.05, 4.69) is 9.62 Å². The first-order chi connectivity index (χ1) is 11.1. The molecule has 0 aliphatic carbocycles. The lowest BCUT2D eigenvalue weighted by Gasteiger charge is -2.31. The average molecular weight is 332 g/mol. The minimum Gasteiger partial charge on any atom is -0.490 e. The van der Waals surface area contributed by atoms with Gasteiger partial charge in [0.15, 0.2) is 0 Å². The molecular formula is C17H20N2O3S. The van der Waals surface area contributed by atoms with Crippen molar-refractivity contribution < 1.29 is 13.2 Å². The maximum atomic E-state index is 12.1. The van der Waals surface area contributed by atoms with Gasteiger partial charge in [-0.2, -0.15) is 0 Å². The molecule has 0 spiro atoms. The van der Waals surface area contributed by atoms with Crippen LogP contribution in [0.1, 0.15) is 5.56 Å². The number of hydrogen-bond acceptors (Lipinski definition) is 4. The van der Waals surface area contributed by atoms with E-state index >= 15 is 0 Å². The molecule has 5 nitrogen and oxygen atoms in total. The zero-order valence-corrected chi connectivity index (χ0v) is 13.6. The summed E-state index contributed by atoms with van der Waals surface area (Å²) in [6, 6.07) is 17.0. The molecule has 2 aromatic rings. The van der Waals surface area contributed by atoms with Crippen LogP contribution in [0.2, 0.25) is 0 Å². The first-order valence-electron chi connectivity index (χ1n) is 7.62. The molecule has 0 saturated heterocycles. The molecule has 1 aliphatic heterocycles. The van der Waals surface area contributed by atoms with Crippen LogP contribution < -0.4 is 14.4 Å². The van der Waals surface area contributed by atoms with Gasteiger partial charge in [-0.3, -0.25) is 0 Å². The molecule has 23 heavy (non-hydrogen) atoms. The van der Waals surface area contributed by atoms with Gasteiger partial charge < -0.3 is 9.64 Å². The molecule has 0 bridgehead atoms. The van der Waals surface area contributed by atoms with E-state index in [1.807, 2.05) is 54.6 Å². The average Bonchev–Trinajstić information content (AvgIpc) is 2.55. The predicted molar refractivity (Wildman–Crippen MR) is 91.2 cm³/mol. The van der Waals surface area contributed by atoms with Gasteiger partial charge in [-0.05, 0) is 17.7 Å². The van der Waals surface area contributed by atoms with Gasteiger partial charge in [0.1, 0.15) is 12.4 Å². The molecule has 122 valence electrons. The lowest BCUT2D eigenvalue weighted by atomic mass is 10.2. The lowest BCUT2D eigenvalue weighted by Crippen LogP contribution is -2.39. The van der Waals surface area contributed by atoms with Gasteiger partial charge in [0, 0.05) is 13.1 Å². The molecule has 6 heteroatoms. The maximum Gasteiger partial charge on any atom is 0.215 e. The Labute approximate surface area is 136 Å². The van der Waals surface area contributed by atoms with Gasteiger partial charge >= 0.3 is 0 Å². The Balaban J connectivity index is 1.55. The number of sulfonamides is 1. The predicted octanol–water partition coefficient (Wildman–Crippen LogP) is 2.00. The van der Waals surface area contributed by atoms with Gasteiger partial charge in [-0.15, -0.1) is 0 Å². The van der Waals surface area contributed by atoms with Crippen molar-refractivity contribution in [2.45, 2.75) is 5.75 Å². The van der Waals surface area contributed by atoms with Crippen LogP contribution >= 0.6 is 0 Å². The molecule has 2 aromatic carbocycles. The Bertz CT molecular complexity index is 747. The van der Waals surface area contributed by atoms with Gasteiger partial charge in [-0.25, -0.2) is 13.1 Å². The standard InChI is InChI=1S/C17H20N2O3S/c20-23(21,14-15-6-2-1-3-7-15)18-10-11-19-12-13-22-17-9-5-4-8-16(17)19/h1-9,18H,10-14H2. The molecule has 1 heterocycles. The molecule has 1 N–H and O–H groups in total. The van der Waals surface area contributed by atoms with Crippen molar-refractivity contribution in [1.82, 2.24) is 4.72 Å². The second kappa shape index (κ2) is 7.02. The summed E-state index contributed by atoms with van der Waals surface area (Å²) in [5, 5.41) is 0. The van der Waals surface area contributed by atoms with E-state index in [9.17, 15) is 8.42 Å². The Morgan fingerprint density at radius 2 is 1.78 bits per heavy atom. The fourth-order valence-electron chi connectivity index (χ4n) is 2.64. The van der Waals surface area contributed by atoms with Crippen molar-refractivity contribution >= 4 is 15.7 Å². The van der Waals surface area contributed by atoms with E-state index in [4.69, 9.17) is 4.74 Å². The van der Waals surface area contributed by atoms with Crippen molar-refractivity contribution in [3.8, 4) is 5.75 Å². The largest absolute Gasteiger partial charge is 0.490 e. The highest BCUT2D eigenvalue weighted by Gasteiger charge is 2.18. The SMILES string of the molecule is O=S(=O)(Cc1ccccc1)NCCN1CCOc2ccccc21. The number of benzene rings is 2. The molecule has 1 aliphatic rings. The summed E-state index contributed by atoms with van der Waals surface area (Å²) in [4.78, 5) is 2.14. The molecule has 0 fully saturated rings. The highest BCUT2D eigenvalue weighted by molar-refractivity contribution is 7.88. The lowest BCUT2D eigenvalue weighted by molar-refractivity contribution is 0.308. The normalized spacial score (nSPS) is 14.2. The monoisotopic (exact) mass is 332 g/mol. The molecule has 0 atom stereocenters. The number of fused-ring (bicyclic) bond motifs is 1. The van der Waals surface area contributed by atoms with Crippen LogP contribution in [0.15, 0.2) is 54.6 Å². The fraction of sp³-hybridized carbons (Fsp3) is 0.294. The first-order valence-corrected chi connectivity index (χ1v) is 9.27. The van der Waals surface area contributed by atoms with Crippen molar-refractivity contribution in [3.05, 3.63) is 60.2 Å². The Morgan fingerprint density at radius 1 is 1.04 bits per heavy atom. The van der Waals surface area contributed by atoms with Crippen LogP contribution in [0.25, 0.3) is 0 Å². The molecule has 0 amide bonds. The van der Waals surface area contributed by atoms with E-state index in [1.54, 1.807) is 0 Å². The van der Waals surface area contributed by atoms with Gasteiger partial charge in [0.2, 0.25) is 10.0 Å². The number of nitrogens with one attached hydrogen (secondary N) is 1. The summed E-state index contributed by atoms with van der Waals surface area (Å²) in [7, 11) is -3.32. The summed E-state index contributed by atoms with van der Waals surface area (Å²) in [6.45, 7) is 2.38. The Morgan fingerprint density at radius 3 is 2.61 bits per heavy atom. The van der Waals surface area contributed by atoms with Crippen LogP contribution in [0, 0.1) is 0 Å². The van der Waals surface area contributed by atoms with E-state index in [0.717, 1.165) is 23.5 Å². The zero-order chi connectivity index (χ0) is 16.1. The fourth-order valence-corrected chi connectivity index (χ4v) is 3.78. The van der Waals surface area contributed by atoms with Crippen LogP contribution in [0.3, 0.4) is 0 Å². The number of ether oxygens (including phenoxy) is 1. The number of hydrogen-bond donors (Lipinski definition) is 1. The van der Waals surface area contributed by atoms with Crippen LogP contribution in [0.5, 0.6) is 5.75 Å². The van der Waals surface area contributed by atoms with Crippen LogP contribution in [-0.4, -0.2) is 34.7 Å².